The van der Waals surface area contributed by atoms with Crippen LogP contribution in [0.3, 0.4) is 0 Å². The fourth-order valence-electron chi connectivity index (χ4n) is 2.27. The van der Waals surface area contributed by atoms with Crippen LogP contribution >= 0.6 is 38.5 Å². The number of hydrogen-bond acceptors (Lipinski definition) is 2. The van der Waals surface area contributed by atoms with Gasteiger partial charge in [0.1, 0.15) is 6.10 Å². The number of fused-ring (bicyclic) bond motifs is 1. The van der Waals surface area contributed by atoms with Gasteiger partial charge in [-0.2, -0.15) is 0 Å². The van der Waals surface area contributed by atoms with Crippen molar-refractivity contribution >= 4 is 49.3 Å². The molecule has 0 radical (unpaired) electrons. The average Bonchev–Trinajstić information content (AvgIpc) is 2.48. The van der Waals surface area contributed by atoms with Gasteiger partial charge in [0.2, 0.25) is 0 Å². The normalized spacial score (nSPS) is 12.6. The topological polar surface area (TPSA) is 33.1 Å². The minimum atomic E-state index is -0.674. The third-order valence-electron chi connectivity index (χ3n) is 3.26. The molecule has 0 aliphatic carbocycles. The summed E-state index contributed by atoms with van der Waals surface area (Å²) >= 11 is 5.76. The summed E-state index contributed by atoms with van der Waals surface area (Å²) in [6, 6.07) is 13.8. The minimum Gasteiger partial charge on any atom is -0.384 e. The second-order valence-electron chi connectivity index (χ2n) is 4.51. The molecule has 0 saturated heterocycles. The first-order valence-corrected chi connectivity index (χ1v) is 7.99. The molecule has 0 saturated carbocycles. The van der Waals surface area contributed by atoms with E-state index in [1.165, 1.54) is 0 Å². The van der Waals surface area contributed by atoms with Crippen molar-refractivity contribution in [1.82, 2.24) is 4.98 Å². The van der Waals surface area contributed by atoms with Gasteiger partial charge in [-0.3, -0.25) is 4.98 Å². The molecule has 100 valence electrons. The number of pyridine rings is 1. The molecule has 0 aliphatic rings. The van der Waals surface area contributed by atoms with Gasteiger partial charge in [-0.1, -0.05) is 34.1 Å². The highest BCUT2D eigenvalue weighted by Crippen LogP contribution is 2.33. The van der Waals surface area contributed by atoms with Gasteiger partial charge in [0.25, 0.3) is 0 Å². The average molecular weight is 440 g/mol. The second kappa shape index (κ2) is 5.79. The molecule has 20 heavy (non-hydrogen) atoms. The first-order valence-electron chi connectivity index (χ1n) is 6.12. The number of aliphatic hydroxyl groups excluding tert-OH is 1. The Morgan fingerprint density at radius 2 is 1.95 bits per heavy atom. The summed E-state index contributed by atoms with van der Waals surface area (Å²) in [5, 5.41) is 12.8. The van der Waals surface area contributed by atoms with Gasteiger partial charge in [-0.25, -0.2) is 0 Å². The molecule has 1 N–H and O–H groups in total. The number of benzene rings is 2. The van der Waals surface area contributed by atoms with Gasteiger partial charge in [-0.05, 0) is 57.8 Å². The zero-order valence-corrected chi connectivity index (χ0v) is 14.2. The van der Waals surface area contributed by atoms with E-state index in [1.807, 2.05) is 42.5 Å². The number of halogens is 2. The standard InChI is InChI=1S/C16H11BrINO/c17-15-5-4-11(18)8-13(15)16(20)12-3-1-2-10-6-7-19-9-14(10)12/h1-9,16,20H. The van der Waals surface area contributed by atoms with Crippen LogP contribution in [0, 0.1) is 3.57 Å². The second-order valence-corrected chi connectivity index (χ2v) is 6.61. The van der Waals surface area contributed by atoms with E-state index < -0.39 is 6.10 Å². The van der Waals surface area contributed by atoms with Crippen molar-refractivity contribution in [2.45, 2.75) is 6.10 Å². The van der Waals surface area contributed by atoms with Gasteiger partial charge in [-0.15, -0.1) is 0 Å². The van der Waals surface area contributed by atoms with Crippen molar-refractivity contribution in [2.24, 2.45) is 0 Å². The predicted molar refractivity (Wildman–Crippen MR) is 92.7 cm³/mol. The zero-order valence-electron chi connectivity index (χ0n) is 10.4. The smallest absolute Gasteiger partial charge is 0.106 e. The van der Waals surface area contributed by atoms with Crippen LogP contribution in [-0.2, 0) is 0 Å². The van der Waals surface area contributed by atoms with E-state index in [-0.39, 0.29) is 0 Å². The summed E-state index contributed by atoms with van der Waals surface area (Å²) in [6.45, 7) is 0. The molecule has 2 aromatic carbocycles. The first kappa shape index (κ1) is 14.0. The fraction of sp³-hybridized carbons (Fsp3) is 0.0625. The molecule has 1 atom stereocenters. The Morgan fingerprint density at radius 3 is 2.80 bits per heavy atom. The lowest BCUT2D eigenvalue weighted by molar-refractivity contribution is 0.221. The third kappa shape index (κ3) is 2.60. The summed E-state index contributed by atoms with van der Waals surface area (Å²) in [6.07, 6.45) is 2.89. The summed E-state index contributed by atoms with van der Waals surface area (Å²) in [5.74, 6) is 0. The van der Waals surface area contributed by atoms with Crippen molar-refractivity contribution in [2.75, 3.05) is 0 Å². The van der Waals surface area contributed by atoms with E-state index in [1.54, 1.807) is 12.4 Å². The van der Waals surface area contributed by atoms with Crippen LogP contribution < -0.4 is 0 Å². The molecule has 2 nitrogen and oxygen atoms in total. The summed E-state index contributed by atoms with van der Waals surface area (Å²) < 4.78 is 2.00. The van der Waals surface area contributed by atoms with Crippen molar-refractivity contribution in [3.8, 4) is 0 Å². The molecule has 0 amide bonds. The lowest BCUT2D eigenvalue weighted by Crippen LogP contribution is -2.02. The molecular weight excluding hydrogens is 429 g/mol. The Balaban J connectivity index is 2.17. The highest BCUT2D eigenvalue weighted by Gasteiger charge is 2.16. The predicted octanol–water partition coefficient (Wildman–Crippen LogP) is 4.68. The number of hydrogen-bond donors (Lipinski definition) is 1. The molecule has 1 heterocycles. The minimum absolute atomic E-state index is 0.674. The van der Waals surface area contributed by atoms with Crippen LogP contribution in [0.1, 0.15) is 17.2 Å². The maximum absolute atomic E-state index is 10.7. The molecule has 1 aromatic heterocycles. The van der Waals surface area contributed by atoms with Crippen LogP contribution in [-0.4, -0.2) is 10.1 Å². The van der Waals surface area contributed by atoms with E-state index in [4.69, 9.17) is 0 Å². The number of nitrogens with zero attached hydrogens (tertiary/aromatic N) is 1. The summed E-state index contributed by atoms with van der Waals surface area (Å²) in [5.41, 5.74) is 1.74. The van der Waals surface area contributed by atoms with Gasteiger partial charge in [0.05, 0.1) is 0 Å². The molecular formula is C16H11BrINO. The molecule has 1 unspecified atom stereocenters. The molecule has 3 rings (SSSR count). The van der Waals surface area contributed by atoms with E-state index in [2.05, 4.69) is 43.5 Å². The molecule has 3 aromatic rings. The molecule has 0 fully saturated rings. The SMILES string of the molecule is OC(c1cc(I)ccc1Br)c1cccc2ccncc12. The Bertz CT molecular complexity index is 770. The number of aromatic nitrogens is 1. The first-order chi connectivity index (χ1) is 9.66. The van der Waals surface area contributed by atoms with Crippen molar-refractivity contribution in [1.29, 1.82) is 0 Å². The van der Waals surface area contributed by atoms with Gasteiger partial charge in [0, 0.05) is 31.4 Å². The zero-order chi connectivity index (χ0) is 14.1. The summed E-state index contributed by atoms with van der Waals surface area (Å²) in [4.78, 5) is 4.17. The van der Waals surface area contributed by atoms with Crippen molar-refractivity contribution < 1.29 is 5.11 Å². The lowest BCUT2D eigenvalue weighted by atomic mass is 9.97. The lowest BCUT2D eigenvalue weighted by Gasteiger charge is -2.16. The quantitative estimate of drug-likeness (QED) is 0.588. The molecule has 4 heteroatoms. The largest absolute Gasteiger partial charge is 0.384 e. The van der Waals surface area contributed by atoms with E-state index >= 15 is 0 Å². The van der Waals surface area contributed by atoms with E-state index in [0.29, 0.717) is 0 Å². The molecule has 0 aliphatic heterocycles. The van der Waals surface area contributed by atoms with E-state index in [0.717, 1.165) is 29.9 Å². The van der Waals surface area contributed by atoms with Gasteiger partial charge >= 0.3 is 0 Å². The third-order valence-corrected chi connectivity index (χ3v) is 4.66. The van der Waals surface area contributed by atoms with E-state index in [9.17, 15) is 5.11 Å². The number of aliphatic hydroxyl groups is 1. The van der Waals surface area contributed by atoms with Crippen LogP contribution in [0.4, 0.5) is 0 Å². The Kier molecular flexibility index (Phi) is 4.05. The Morgan fingerprint density at radius 1 is 1.10 bits per heavy atom. The molecule has 0 bridgehead atoms. The molecule has 0 spiro atoms. The highest BCUT2D eigenvalue weighted by atomic mass is 127. The van der Waals surface area contributed by atoms with Crippen LogP contribution in [0.15, 0.2) is 59.3 Å². The summed E-state index contributed by atoms with van der Waals surface area (Å²) in [7, 11) is 0. The highest BCUT2D eigenvalue weighted by molar-refractivity contribution is 14.1. The van der Waals surface area contributed by atoms with Crippen LogP contribution in [0.2, 0.25) is 0 Å². The van der Waals surface area contributed by atoms with Crippen molar-refractivity contribution in [3.05, 3.63) is 74.0 Å². The number of rotatable bonds is 2. The van der Waals surface area contributed by atoms with Crippen LogP contribution in [0.25, 0.3) is 10.8 Å². The van der Waals surface area contributed by atoms with Gasteiger partial charge in [0.15, 0.2) is 0 Å². The Labute approximate surface area is 139 Å². The van der Waals surface area contributed by atoms with Crippen LogP contribution in [0.5, 0.6) is 0 Å². The monoisotopic (exact) mass is 439 g/mol. The Hall–Kier alpha value is -0.980. The fourth-order valence-corrected chi connectivity index (χ4v) is 3.25. The maximum atomic E-state index is 10.7. The van der Waals surface area contributed by atoms with Crippen molar-refractivity contribution in [3.63, 3.8) is 0 Å². The maximum Gasteiger partial charge on any atom is 0.106 e. The van der Waals surface area contributed by atoms with Gasteiger partial charge < -0.3 is 5.11 Å².